The molecule has 8 heavy (non-hydrogen) atoms. The Bertz CT molecular complexity index is 64.6. The Kier molecular flexibility index (Phi) is 3.48. The molecular formula is C6H11O2. The summed E-state index contributed by atoms with van der Waals surface area (Å²) in [6.45, 7) is 3.18. The van der Waals surface area contributed by atoms with Crippen LogP contribution in [0.3, 0.4) is 0 Å². The first kappa shape index (κ1) is 7.66. The van der Waals surface area contributed by atoms with Crippen molar-refractivity contribution in [1.82, 2.24) is 0 Å². The van der Waals surface area contributed by atoms with Gasteiger partial charge in [-0.2, -0.15) is 0 Å². The van der Waals surface area contributed by atoms with Crippen molar-refractivity contribution in [3.63, 3.8) is 0 Å². The zero-order valence-electron chi connectivity index (χ0n) is 5.13. The van der Waals surface area contributed by atoms with Crippen molar-refractivity contribution in [1.29, 1.82) is 0 Å². The van der Waals surface area contributed by atoms with Crippen LogP contribution in [-0.4, -0.2) is 16.3 Å². The Labute approximate surface area is 49.5 Å². The van der Waals surface area contributed by atoms with Crippen LogP contribution < -0.4 is 0 Å². The van der Waals surface area contributed by atoms with Crippen molar-refractivity contribution in [2.75, 3.05) is 0 Å². The monoisotopic (exact) mass is 115 g/mol. The molecule has 1 unspecified atom stereocenters. The van der Waals surface area contributed by atoms with Crippen LogP contribution >= 0.6 is 0 Å². The van der Waals surface area contributed by atoms with Gasteiger partial charge in [0.2, 0.25) is 0 Å². The number of aliphatic hydroxyl groups is 2. The summed E-state index contributed by atoms with van der Waals surface area (Å²) in [5.74, 6) is 0. The number of aliphatic hydroxyl groups excluding tert-OH is 2. The topological polar surface area (TPSA) is 40.5 Å². The first-order valence-electron chi connectivity index (χ1n) is 2.51. The highest BCUT2D eigenvalue weighted by atomic mass is 16.3. The Morgan fingerprint density at radius 2 is 2.12 bits per heavy atom. The average molecular weight is 115 g/mol. The summed E-state index contributed by atoms with van der Waals surface area (Å²) in [6, 6.07) is 0. The summed E-state index contributed by atoms with van der Waals surface area (Å²) < 4.78 is 0. The molecule has 2 nitrogen and oxygen atoms in total. The van der Waals surface area contributed by atoms with Crippen LogP contribution in [0.2, 0.25) is 0 Å². The highest BCUT2D eigenvalue weighted by Crippen LogP contribution is 1.93. The first-order chi connectivity index (χ1) is 3.63. The van der Waals surface area contributed by atoms with E-state index in [1.807, 2.05) is 0 Å². The fourth-order valence-electron chi connectivity index (χ4n) is 0.279. The van der Waals surface area contributed by atoms with E-state index >= 15 is 0 Å². The fraction of sp³-hybridized carbons (Fsp3) is 0.500. The van der Waals surface area contributed by atoms with Crippen LogP contribution in [0, 0.1) is 6.10 Å². The van der Waals surface area contributed by atoms with E-state index in [-0.39, 0.29) is 6.10 Å². The lowest BCUT2D eigenvalue weighted by Crippen LogP contribution is -1.93. The van der Waals surface area contributed by atoms with E-state index in [0.717, 1.165) is 0 Å². The molecule has 0 aromatic heterocycles. The highest BCUT2D eigenvalue weighted by molar-refractivity contribution is 5.00. The van der Waals surface area contributed by atoms with Crippen LogP contribution in [0.4, 0.5) is 0 Å². The summed E-state index contributed by atoms with van der Waals surface area (Å²) in [6.07, 6.45) is 2.71. The standard InChI is InChI=1S/C6H11O2/c1-5(7)3-4-6(2)8/h3-5,7-8H,1-2H3/b4-3+. The van der Waals surface area contributed by atoms with E-state index in [0.29, 0.717) is 0 Å². The molecule has 0 aromatic carbocycles. The van der Waals surface area contributed by atoms with Crippen molar-refractivity contribution in [3.8, 4) is 0 Å². The second-order valence-electron chi connectivity index (χ2n) is 1.74. The third-order valence-electron chi connectivity index (χ3n) is 0.616. The zero-order chi connectivity index (χ0) is 6.57. The van der Waals surface area contributed by atoms with Gasteiger partial charge < -0.3 is 10.2 Å². The minimum absolute atomic E-state index is 0.214. The molecule has 0 heterocycles. The van der Waals surface area contributed by atoms with Crippen LogP contribution in [0.1, 0.15) is 13.8 Å². The molecule has 0 aliphatic carbocycles. The smallest absolute Gasteiger partial charge is 0.112 e. The Morgan fingerprint density at radius 1 is 1.62 bits per heavy atom. The molecule has 0 aliphatic heterocycles. The van der Waals surface area contributed by atoms with E-state index in [4.69, 9.17) is 10.2 Å². The third kappa shape index (κ3) is 5.66. The minimum atomic E-state index is -0.475. The largest absolute Gasteiger partial charge is 0.389 e. The Hall–Kier alpha value is -0.340. The molecule has 0 aliphatic rings. The summed E-state index contributed by atoms with van der Waals surface area (Å²) in [5, 5.41) is 17.1. The van der Waals surface area contributed by atoms with Crippen molar-refractivity contribution in [3.05, 3.63) is 18.3 Å². The van der Waals surface area contributed by atoms with Gasteiger partial charge in [0.25, 0.3) is 0 Å². The first-order valence-corrected chi connectivity index (χ1v) is 2.51. The number of hydrogen-bond donors (Lipinski definition) is 2. The molecule has 0 amide bonds. The van der Waals surface area contributed by atoms with Crippen LogP contribution in [-0.2, 0) is 0 Å². The second kappa shape index (κ2) is 3.64. The summed E-state index contributed by atoms with van der Waals surface area (Å²) in [4.78, 5) is 0. The van der Waals surface area contributed by atoms with Crippen molar-refractivity contribution in [2.45, 2.75) is 20.0 Å². The summed E-state index contributed by atoms with van der Waals surface area (Å²) in [7, 11) is 0. The molecule has 0 saturated carbocycles. The van der Waals surface area contributed by atoms with Crippen LogP contribution in [0.5, 0.6) is 0 Å². The molecule has 0 bridgehead atoms. The fourth-order valence-corrected chi connectivity index (χ4v) is 0.279. The summed E-state index contributed by atoms with van der Waals surface area (Å²) >= 11 is 0. The lowest BCUT2D eigenvalue weighted by Gasteiger charge is -1.93. The average Bonchev–Trinajstić information content (AvgIpc) is 1.61. The normalized spacial score (nSPS) is 15.6. The molecule has 1 radical (unpaired) electrons. The van der Waals surface area contributed by atoms with E-state index < -0.39 is 6.10 Å². The van der Waals surface area contributed by atoms with E-state index in [1.54, 1.807) is 13.8 Å². The Morgan fingerprint density at radius 3 is 2.25 bits per heavy atom. The van der Waals surface area contributed by atoms with Gasteiger partial charge in [-0.05, 0) is 13.8 Å². The predicted molar refractivity (Wildman–Crippen MR) is 31.7 cm³/mol. The lowest BCUT2D eigenvalue weighted by molar-refractivity contribution is 0.242. The molecule has 0 aromatic rings. The van der Waals surface area contributed by atoms with Gasteiger partial charge in [-0.25, -0.2) is 0 Å². The Balaban J connectivity index is 3.34. The van der Waals surface area contributed by atoms with Gasteiger partial charge in [0.15, 0.2) is 0 Å². The van der Waals surface area contributed by atoms with Gasteiger partial charge in [0, 0.05) is 0 Å². The molecule has 0 fully saturated rings. The highest BCUT2D eigenvalue weighted by Gasteiger charge is 1.88. The van der Waals surface area contributed by atoms with Crippen LogP contribution in [0.15, 0.2) is 12.2 Å². The molecular weight excluding hydrogens is 104 g/mol. The third-order valence-corrected chi connectivity index (χ3v) is 0.616. The quantitative estimate of drug-likeness (QED) is 0.560. The maximum absolute atomic E-state index is 8.59. The summed E-state index contributed by atoms with van der Waals surface area (Å²) in [5.41, 5.74) is 0. The molecule has 0 saturated heterocycles. The van der Waals surface area contributed by atoms with E-state index in [1.165, 1.54) is 12.2 Å². The van der Waals surface area contributed by atoms with Gasteiger partial charge in [-0.3, -0.25) is 0 Å². The van der Waals surface area contributed by atoms with Crippen LogP contribution in [0.25, 0.3) is 0 Å². The van der Waals surface area contributed by atoms with Crippen molar-refractivity contribution >= 4 is 0 Å². The van der Waals surface area contributed by atoms with Gasteiger partial charge in [-0.1, -0.05) is 12.2 Å². The molecule has 1 atom stereocenters. The zero-order valence-corrected chi connectivity index (χ0v) is 5.13. The van der Waals surface area contributed by atoms with Crippen molar-refractivity contribution in [2.24, 2.45) is 0 Å². The molecule has 2 heteroatoms. The van der Waals surface area contributed by atoms with E-state index in [9.17, 15) is 0 Å². The van der Waals surface area contributed by atoms with Gasteiger partial charge in [0.05, 0.1) is 6.10 Å². The van der Waals surface area contributed by atoms with Gasteiger partial charge >= 0.3 is 0 Å². The van der Waals surface area contributed by atoms with E-state index in [2.05, 4.69) is 0 Å². The van der Waals surface area contributed by atoms with Gasteiger partial charge in [-0.15, -0.1) is 0 Å². The number of hydrogen-bond acceptors (Lipinski definition) is 2. The predicted octanol–water partition coefficient (Wildman–Crippen LogP) is 0.848. The minimum Gasteiger partial charge on any atom is -0.389 e. The van der Waals surface area contributed by atoms with Gasteiger partial charge in [0.1, 0.15) is 6.10 Å². The maximum atomic E-state index is 8.59. The molecule has 0 spiro atoms. The number of rotatable bonds is 2. The second-order valence-corrected chi connectivity index (χ2v) is 1.74. The lowest BCUT2D eigenvalue weighted by atomic mass is 10.3. The molecule has 0 rings (SSSR count). The molecule has 2 N–H and O–H groups in total. The van der Waals surface area contributed by atoms with Crippen molar-refractivity contribution < 1.29 is 10.2 Å². The molecule has 47 valence electrons. The maximum Gasteiger partial charge on any atom is 0.112 e. The SMILES string of the molecule is C[C](O)/C=C/C(C)O.